The Bertz CT molecular complexity index is 920. The van der Waals surface area contributed by atoms with E-state index in [1.54, 1.807) is 4.90 Å². The molecule has 2 aromatic rings. The molecular formula is C22H29N5O2. The molecule has 0 saturated carbocycles. The number of carbonyl (C=O) groups excluding carboxylic acids is 2. The summed E-state index contributed by atoms with van der Waals surface area (Å²) in [5.74, 6) is 0.139. The lowest BCUT2D eigenvalue weighted by atomic mass is 10.1. The van der Waals surface area contributed by atoms with E-state index in [1.165, 1.54) is 0 Å². The monoisotopic (exact) mass is 395 g/mol. The summed E-state index contributed by atoms with van der Waals surface area (Å²) >= 11 is 0. The second-order valence-corrected chi connectivity index (χ2v) is 8.30. The molecule has 4 rings (SSSR count). The molecule has 2 aliphatic heterocycles. The van der Waals surface area contributed by atoms with Gasteiger partial charge < -0.3 is 14.7 Å². The molecule has 29 heavy (non-hydrogen) atoms. The largest absolute Gasteiger partial charge is 0.334 e. The molecule has 0 radical (unpaired) electrons. The molecule has 2 aliphatic rings. The Balaban J connectivity index is 1.39. The van der Waals surface area contributed by atoms with Crippen molar-refractivity contribution in [2.75, 3.05) is 27.2 Å². The fourth-order valence-corrected chi connectivity index (χ4v) is 4.41. The third-order valence-corrected chi connectivity index (χ3v) is 5.88. The van der Waals surface area contributed by atoms with E-state index >= 15 is 0 Å². The highest BCUT2D eigenvalue weighted by atomic mass is 16.2. The molecular weight excluding hydrogens is 366 g/mol. The van der Waals surface area contributed by atoms with Gasteiger partial charge in [0.1, 0.15) is 0 Å². The van der Waals surface area contributed by atoms with Crippen LogP contribution in [0.2, 0.25) is 0 Å². The highest BCUT2D eigenvalue weighted by Gasteiger charge is 2.33. The molecule has 1 aromatic carbocycles. The third kappa shape index (κ3) is 3.92. The van der Waals surface area contributed by atoms with Crippen molar-refractivity contribution in [2.24, 2.45) is 7.05 Å². The highest BCUT2D eigenvalue weighted by Crippen LogP contribution is 2.32. The maximum atomic E-state index is 13.0. The van der Waals surface area contributed by atoms with E-state index in [-0.39, 0.29) is 17.9 Å². The van der Waals surface area contributed by atoms with E-state index in [9.17, 15) is 9.59 Å². The predicted molar refractivity (Wildman–Crippen MR) is 110 cm³/mol. The Morgan fingerprint density at radius 1 is 1.28 bits per heavy atom. The number of carbonyl (C=O) groups is 2. The van der Waals surface area contributed by atoms with Crippen molar-refractivity contribution < 1.29 is 9.59 Å². The van der Waals surface area contributed by atoms with Crippen LogP contribution in [0.1, 0.15) is 52.6 Å². The van der Waals surface area contributed by atoms with Crippen molar-refractivity contribution in [1.82, 2.24) is 24.5 Å². The number of hydrogen-bond acceptors (Lipinski definition) is 4. The van der Waals surface area contributed by atoms with Crippen molar-refractivity contribution >= 4 is 11.8 Å². The third-order valence-electron chi connectivity index (χ3n) is 5.88. The van der Waals surface area contributed by atoms with E-state index in [4.69, 9.17) is 0 Å². The van der Waals surface area contributed by atoms with Gasteiger partial charge in [0.25, 0.3) is 5.91 Å². The van der Waals surface area contributed by atoms with Crippen LogP contribution in [0, 0.1) is 0 Å². The maximum Gasteiger partial charge on any atom is 0.254 e. The molecule has 3 heterocycles. The van der Waals surface area contributed by atoms with Gasteiger partial charge in [0.05, 0.1) is 17.4 Å². The SMILES string of the molecule is CN(C)Cc1cc([C@H]2CCCN2C(=O)CCN2Cc3ccccc3C2=O)nn1C. The summed E-state index contributed by atoms with van der Waals surface area (Å²) in [4.78, 5) is 31.4. The van der Waals surface area contributed by atoms with Crippen LogP contribution < -0.4 is 0 Å². The van der Waals surface area contributed by atoms with Crippen LogP contribution in [0.4, 0.5) is 0 Å². The van der Waals surface area contributed by atoms with Crippen molar-refractivity contribution in [3.8, 4) is 0 Å². The molecule has 154 valence electrons. The Labute approximate surface area is 171 Å². The first-order chi connectivity index (χ1) is 13.9. The standard InChI is InChI=1S/C22H29N5O2/c1-24(2)15-17-13-19(23-25(17)3)20-9-6-11-27(20)21(28)10-12-26-14-16-7-4-5-8-18(16)22(26)29/h4-5,7-8,13,20H,6,9-12,14-15H2,1-3H3/t20-/m1/s1. The molecule has 1 aromatic heterocycles. The molecule has 0 aliphatic carbocycles. The number of amides is 2. The zero-order valence-electron chi connectivity index (χ0n) is 17.5. The van der Waals surface area contributed by atoms with Crippen LogP contribution in [0.15, 0.2) is 30.3 Å². The summed E-state index contributed by atoms with van der Waals surface area (Å²) in [6.45, 7) is 2.64. The van der Waals surface area contributed by atoms with Gasteiger partial charge in [0.2, 0.25) is 5.91 Å². The van der Waals surface area contributed by atoms with Crippen molar-refractivity contribution in [3.05, 3.63) is 52.8 Å². The van der Waals surface area contributed by atoms with E-state index in [2.05, 4.69) is 16.1 Å². The van der Waals surface area contributed by atoms with Crippen molar-refractivity contribution in [1.29, 1.82) is 0 Å². The molecule has 7 nitrogen and oxygen atoms in total. The number of aryl methyl sites for hydroxylation is 1. The number of nitrogens with zero attached hydrogens (tertiary/aromatic N) is 5. The number of likely N-dealkylation sites (tertiary alicyclic amines) is 1. The lowest BCUT2D eigenvalue weighted by Crippen LogP contribution is -2.34. The number of benzene rings is 1. The number of aromatic nitrogens is 2. The summed E-state index contributed by atoms with van der Waals surface area (Å²) in [5, 5.41) is 4.69. The van der Waals surface area contributed by atoms with Gasteiger partial charge in [-0.15, -0.1) is 0 Å². The minimum absolute atomic E-state index is 0.0319. The summed E-state index contributed by atoms with van der Waals surface area (Å²) in [6, 6.07) is 9.85. The molecule has 1 saturated heterocycles. The first-order valence-electron chi connectivity index (χ1n) is 10.3. The fraction of sp³-hybridized carbons (Fsp3) is 0.500. The lowest BCUT2D eigenvalue weighted by molar-refractivity contribution is -0.132. The smallest absolute Gasteiger partial charge is 0.254 e. The Morgan fingerprint density at radius 3 is 2.83 bits per heavy atom. The zero-order chi connectivity index (χ0) is 20.5. The van der Waals surface area contributed by atoms with Crippen molar-refractivity contribution in [3.63, 3.8) is 0 Å². The molecule has 7 heteroatoms. The average molecular weight is 396 g/mol. The van der Waals surface area contributed by atoms with Gasteiger partial charge in [-0.05, 0) is 44.6 Å². The molecule has 0 bridgehead atoms. The minimum Gasteiger partial charge on any atom is -0.334 e. The maximum absolute atomic E-state index is 13.0. The van der Waals surface area contributed by atoms with Gasteiger partial charge in [-0.1, -0.05) is 18.2 Å². The predicted octanol–water partition coefficient (Wildman–Crippen LogP) is 2.19. The van der Waals surface area contributed by atoms with Gasteiger partial charge in [-0.3, -0.25) is 14.3 Å². The van der Waals surface area contributed by atoms with E-state index in [0.29, 0.717) is 19.5 Å². The van der Waals surface area contributed by atoms with E-state index in [0.717, 1.165) is 48.4 Å². The second-order valence-electron chi connectivity index (χ2n) is 8.30. The van der Waals surface area contributed by atoms with Gasteiger partial charge in [-0.2, -0.15) is 5.10 Å². The Hall–Kier alpha value is -2.67. The fourth-order valence-electron chi connectivity index (χ4n) is 4.41. The lowest BCUT2D eigenvalue weighted by Gasteiger charge is -2.24. The van der Waals surface area contributed by atoms with Gasteiger partial charge in [0.15, 0.2) is 0 Å². The highest BCUT2D eigenvalue weighted by molar-refractivity contribution is 5.98. The van der Waals surface area contributed by atoms with E-state index < -0.39 is 0 Å². The first kappa shape index (κ1) is 19.6. The summed E-state index contributed by atoms with van der Waals surface area (Å²) < 4.78 is 1.91. The molecule has 0 spiro atoms. The summed E-state index contributed by atoms with van der Waals surface area (Å²) in [5.41, 5.74) is 3.93. The first-order valence-corrected chi connectivity index (χ1v) is 10.3. The average Bonchev–Trinajstić information content (AvgIpc) is 3.38. The number of rotatable bonds is 6. The Morgan fingerprint density at radius 2 is 2.07 bits per heavy atom. The van der Waals surface area contributed by atoms with Crippen LogP contribution >= 0.6 is 0 Å². The number of fused-ring (bicyclic) bond motifs is 1. The summed E-state index contributed by atoms with van der Waals surface area (Å²) in [7, 11) is 6.03. The minimum atomic E-state index is 0.0319. The molecule has 1 fully saturated rings. The van der Waals surface area contributed by atoms with Crippen LogP contribution in [-0.2, 0) is 24.9 Å². The zero-order valence-corrected chi connectivity index (χ0v) is 17.5. The van der Waals surface area contributed by atoms with Gasteiger partial charge in [-0.25, -0.2) is 0 Å². The number of hydrogen-bond donors (Lipinski definition) is 0. The van der Waals surface area contributed by atoms with E-state index in [1.807, 2.05) is 55.0 Å². The summed E-state index contributed by atoms with van der Waals surface area (Å²) in [6.07, 6.45) is 2.29. The van der Waals surface area contributed by atoms with Crippen LogP contribution in [0.5, 0.6) is 0 Å². The second kappa shape index (κ2) is 7.99. The van der Waals surface area contributed by atoms with Crippen LogP contribution in [-0.4, -0.2) is 63.5 Å². The van der Waals surface area contributed by atoms with Crippen LogP contribution in [0.25, 0.3) is 0 Å². The topological polar surface area (TPSA) is 61.7 Å². The van der Waals surface area contributed by atoms with Gasteiger partial charge in [0, 0.05) is 45.2 Å². The Kier molecular flexibility index (Phi) is 5.41. The molecule has 0 N–H and O–H groups in total. The van der Waals surface area contributed by atoms with Gasteiger partial charge >= 0.3 is 0 Å². The van der Waals surface area contributed by atoms with Crippen molar-refractivity contribution in [2.45, 2.75) is 38.4 Å². The van der Waals surface area contributed by atoms with Crippen LogP contribution in [0.3, 0.4) is 0 Å². The normalized spacial score (nSPS) is 18.8. The quantitative estimate of drug-likeness (QED) is 0.752. The molecule has 0 unspecified atom stereocenters. The molecule has 1 atom stereocenters. The molecule has 2 amide bonds.